The summed E-state index contributed by atoms with van der Waals surface area (Å²) in [6.45, 7) is 3.86. The summed E-state index contributed by atoms with van der Waals surface area (Å²) < 4.78 is 0. The van der Waals surface area contributed by atoms with Gasteiger partial charge in [-0.05, 0) is 12.1 Å². The van der Waals surface area contributed by atoms with Crippen molar-refractivity contribution in [3.05, 3.63) is 79.2 Å². The van der Waals surface area contributed by atoms with Crippen LogP contribution in [0.1, 0.15) is 5.56 Å². The molecule has 0 aliphatic rings. The fourth-order valence-corrected chi connectivity index (χ4v) is 2.24. The van der Waals surface area contributed by atoms with Crippen LogP contribution in [0, 0.1) is 13.0 Å². The van der Waals surface area contributed by atoms with Crippen LogP contribution in [0.4, 0.5) is 0 Å². The molecule has 0 saturated carbocycles. The first-order valence-electron chi connectivity index (χ1n) is 5.09. The van der Waals surface area contributed by atoms with E-state index in [4.69, 9.17) is 0 Å². The second kappa shape index (κ2) is 7.76. The summed E-state index contributed by atoms with van der Waals surface area (Å²) in [5, 5.41) is 0. The average Bonchev–Trinajstić information content (AvgIpc) is 2.38. The van der Waals surface area contributed by atoms with Crippen molar-refractivity contribution in [2.45, 2.75) is 4.90 Å². The molecular weight excluding hydrogens is 301 g/mol. The second-order valence-electron chi connectivity index (χ2n) is 3.26. The van der Waals surface area contributed by atoms with Gasteiger partial charge in [0.05, 0.1) is 0 Å². The Morgan fingerprint density at radius 2 is 1.76 bits per heavy atom. The van der Waals surface area contributed by atoms with Gasteiger partial charge in [0, 0.05) is 37.6 Å². The third kappa shape index (κ3) is 4.35. The van der Waals surface area contributed by atoms with E-state index in [0.717, 1.165) is 10.5 Å². The first-order valence-corrected chi connectivity index (χ1v) is 5.91. The summed E-state index contributed by atoms with van der Waals surface area (Å²) in [5.41, 5.74) is 1.09. The van der Waals surface area contributed by atoms with E-state index in [2.05, 4.69) is 25.1 Å². The van der Waals surface area contributed by atoms with Crippen LogP contribution in [0.25, 0.3) is 4.91 Å². The molecule has 83 valence electrons. The molecule has 0 N–H and O–H groups in total. The maximum absolute atomic E-state index is 3.86. The van der Waals surface area contributed by atoms with Gasteiger partial charge in [-0.3, -0.25) is 0 Å². The summed E-state index contributed by atoms with van der Waals surface area (Å²) in [6, 6.07) is 21.5. The van der Waals surface area contributed by atoms with Gasteiger partial charge in [-0.15, -0.1) is 47.7 Å². The molecule has 0 atom stereocenters. The van der Waals surface area contributed by atoms with Crippen molar-refractivity contribution in [3.8, 4) is 0 Å². The second-order valence-corrected chi connectivity index (χ2v) is 4.38. The maximum Gasteiger partial charge on any atom is 0.00245 e. The molecule has 0 saturated heterocycles. The molecule has 17 heavy (non-hydrogen) atoms. The molecule has 0 bridgehead atoms. The molecule has 2 aromatic carbocycles. The molecular formula is C15H12SY-2. The number of allylic oxidation sites excluding steroid dienone is 1. The van der Waals surface area contributed by atoms with Crippen molar-refractivity contribution in [3.63, 3.8) is 0 Å². The van der Waals surface area contributed by atoms with Gasteiger partial charge in [0.15, 0.2) is 0 Å². The average molecular weight is 313 g/mol. The Labute approximate surface area is 132 Å². The molecule has 1 radical (unpaired) electrons. The van der Waals surface area contributed by atoms with Crippen molar-refractivity contribution in [2.75, 3.05) is 0 Å². The van der Waals surface area contributed by atoms with Gasteiger partial charge in [-0.25, -0.2) is 6.92 Å². The number of rotatable bonds is 3. The van der Waals surface area contributed by atoms with Gasteiger partial charge in [-0.1, -0.05) is 23.1 Å². The van der Waals surface area contributed by atoms with Crippen LogP contribution >= 0.6 is 11.8 Å². The van der Waals surface area contributed by atoms with Gasteiger partial charge < -0.3 is 0 Å². The normalized spacial score (nSPS) is 10.7. The zero-order valence-corrected chi connectivity index (χ0v) is 13.1. The van der Waals surface area contributed by atoms with Crippen molar-refractivity contribution in [2.24, 2.45) is 0 Å². The number of hydrogen-bond donors (Lipinski definition) is 0. The van der Waals surface area contributed by atoms with E-state index in [1.807, 2.05) is 48.5 Å². The van der Waals surface area contributed by atoms with E-state index < -0.39 is 0 Å². The van der Waals surface area contributed by atoms with Gasteiger partial charge in [-0.2, -0.15) is 6.08 Å². The zero-order valence-electron chi connectivity index (χ0n) is 9.47. The Morgan fingerprint density at radius 3 is 2.35 bits per heavy atom. The third-order valence-electron chi connectivity index (χ3n) is 2.13. The van der Waals surface area contributed by atoms with E-state index in [1.165, 1.54) is 4.90 Å². The molecule has 0 fully saturated rings. The van der Waals surface area contributed by atoms with E-state index in [-0.39, 0.29) is 32.7 Å². The minimum atomic E-state index is 0. The SMILES string of the molecule is [CH2-]/C=C(/Sc1ccccc1)c1[c-]cccc1.[Y]. The molecule has 0 heterocycles. The molecule has 0 amide bonds. The Morgan fingerprint density at radius 1 is 1.06 bits per heavy atom. The predicted molar refractivity (Wildman–Crippen MR) is 70.9 cm³/mol. The van der Waals surface area contributed by atoms with Gasteiger partial charge in [0.1, 0.15) is 0 Å². The van der Waals surface area contributed by atoms with Crippen molar-refractivity contribution in [1.29, 1.82) is 0 Å². The monoisotopic (exact) mass is 313 g/mol. The summed E-state index contributed by atoms with van der Waals surface area (Å²) in [6.07, 6.45) is 1.88. The Hall–Kier alpha value is -0.496. The first kappa shape index (κ1) is 14.6. The molecule has 0 nitrogen and oxygen atoms in total. The molecule has 0 spiro atoms. The van der Waals surface area contributed by atoms with Crippen LogP contribution in [0.3, 0.4) is 0 Å². The molecule has 0 aromatic heterocycles. The number of hydrogen-bond acceptors (Lipinski definition) is 1. The van der Waals surface area contributed by atoms with Gasteiger partial charge in [0.25, 0.3) is 0 Å². The minimum absolute atomic E-state index is 0. The molecule has 2 heteroatoms. The summed E-state index contributed by atoms with van der Waals surface area (Å²) in [7, 11) is 0. The smallest absolute Gasteiger partial charge is 0.00245 e. The standard InChI is InChI=1S/C15H12S.Y/c1-2-15(13-9-5-3-6-10-13)16-14-11-7-4-8-12-14;/h2-9,11-12H,1H2;/q-2;/b15-2+;. The molecule has 0 aliphatic heterocycles. The topological polar surface area (TPSA) is 0 Å². The van der Waals surface area contributed by atoms with E-state index >= 15 is 0 Å². The molecule has 0 unspecified atom stereocenters. The fourth-order valence-electron chi connectivity index (χ4n) is 1.37. The largest absolute Gasteiger partial charge is 0.235 e. The van der Waals surface area contributed by atoms with Gasteiger partial charge >= 0.3 is 0 Å². The van der Waals surface area contributed by atoms with Crippen LogP contribution in [0.5, 0.6) is 0 Å². The van der Waals surface area contributed by atoms with Gasteiger partial charge in [0.2, 0.25) is 0 Å². The van der Waals surface area contributed by atoms with Crippen molar-refractivity contribution < 1.29 is 32.7 Å². The summed E-state index contributed by atoms with van der Waals surface area (Å²) in [5.74, 6) is 0. The van der Waals surface area contributed by atoms with Crippen molar-refractivity contribution in [1.82, 2.24) is 0 Å². The first-order chi connectivity index (χ1) is 7.90. The van der Waals surface area contributed by atoms with Crippen LogP contribution in [-0.2, 0) is 32.7 Å². The van der Waals surface area contributed by atoms with Crippen LogP contribution in [0.2, 0.25) is 0 Å². The Bertz CT molecular complexity index is 463. The van der Waals surface area contributed by atoms with Crippen LogP contribution in [0.15, 0.2) is 65.6 Å². The van der Waals surface area contributed by atoms with Crippen LogP contribution < -0.4 is 0 Å². The number of thioether (sulfide) groups is 1. The molecule has 0 aliphatic carbocycles. The fraction of sp³-hybridized carbons (Fsp3) is 0. The van der Waals surface area contributed by atoms with Crippen LogP contribution in [-0.4, -0.2) is 0 Å². The summed E-state index contributed by atoms with van der Waals surface area (Å²) in [4.78, 5) is 2.35. The van der Waals surface area contributed by atoms with E-state index in [9.17, 15) is 0 Å². The summed E-state index contributed by atoms with van der Waals surface area (Å²) >= 11 is 1.71. The number of benzene rings is 2. The third-order valence-corrected chi connectivity index (χ3v) is 3.25. The minimum Gasteiger partial charge on any atom is -0.235 e. The molecule has 2 aromatic rings. The maximum atomic E-state index is 3.86. The van der Waals surface area contributed by atoms with Crippen molar-refractivity contribution >= 4 is 16.7 Å². The zero-order chi connectivity index (χ0) is 11.2. The van der Waals surface area contributed by atoms with E-state index in [1.54, 1.807) is 11.8 Å². The Kier molecular flexibility index (Phi) is 6.65. The van der Waals surface area contributed by atoms with E-state index in [0.29, 0.717) is 0 Å². The molecule has 2 rings (SSSR count). The Balaban J connectivity index is 0.00000144. The quantitative estimate of drug-likeness (QED) is 0.596. The predicted octanol–water partition coefficient (Wildman–Crippen LogP) is 4.45.